The van der Waals surface area contributed by atoms with Crippen LogP contribution >= 0.6 is 0 Å². The number of nitrogens with zero attached hydrogens (tertiary/aromatic N) is 1. The number of pyridine rings is 1. The van der Waals surface area contributed by atoms with Crippen molar-refractivity contribution >= 4 is 54.4 Å². The van der Waals surface area contributed by atoms with Crippen LogP contribution in [0.4, 0.5) is 0 Å². The second-order valence-electron chi connectivity index (χ2n) is 9.30. The Kier molecular flexibility index (Phi) is 7.53. The normalized spacial score (nSPS) is 12.2. The van der Waals surface area contributed by atoms with Gasteiger partial charge in [-0.1, -0.05) is 0 Å². The molecule has 162 valence electrons. The van der Waals surface area contributed by atoms with E-state index in [1.807, 2.05) is 0 Å². The Morgan fingerprint density at radius 2 is 1.19 bits per heavy atom. The molecule has 3 aromatic carbocycles. The van der Waals surface area contributed by atoms with Crippen molar-refractivity contribution in [3.8, 4) is 0 Å². The number of rotatable bonds is 10. The molecule has 0 N–H and O–H groups in total. The monoisotopic (exact) mass is 519 g/mol. The van der Waals surface area contributed by atoms with Crippen molar-refractivity contribution < 1.29 is 0 Å². The molecule has 0 unspecified atom stereocenters. The predicted octanol–water partition coefficient (Wildman–Crippen LogP) is 8.60. The van der Waals surface area contributed by atoms with Crippen LogP contribution in [0, 0.1) is 0 Å². The van der Waals surface area contributed by atoms with Crippen LogP contribution in [0.1, 0.15) is 59.3 Å². The van der Waals surface area contributed by atoms with E-state index < -0.39 is 18.4 Å². The van der Waals surface area contributed by atoms with E-state index in [4.69, 9.17) is 4.98 Å². The van der Waals surface area contributed by atoms with E-state index in [-0.39, 0.29) is 0 Å². The topological polar surface area (TPSA) is 12.9 Å². The first kappa shape index (κ1) is 22.6. The first-order valence-electron chi connectivity index (χ1n) is 12.4. The Morgan fingerprint density at radius 1 is 0.613 bits per heavy atom. The summed E-state index contributed by atoms with van der Waals surface area (Å²) in [6, 6.07) is 20.6. The van der Waals surface area contributed by atoms with Crippen LogP contribution in [-0.2, 0) is 0 Å². The summed E-state index contributed by atoms with van der Waals surface area (Å²) >= 11 is -2.52. The fraction of sp³-hybridized carbons (Fsp3) is 0.414. The number of benzene rings is 3. The van der Waals surface area contributed by atoms with Crippen molar-refractivity contribution in [3.63, 3.8) is 0 Å². The fourth-order valence-electron chi connectivity index (χ4n) is 5.47. The maximum absolute atomic E-state index is 4.97. The minimum atomic E-state index is -2.52. The molecule has 0 aliphatic heterocycles. The standard InChI is InChI=1S/C17H10N.3C4H9.Sn/c1-4-8-15-12(5-1)9-10-16-14-7-3-2-6-13(14)11-18-17(15)16;3*1-3-4-2;/h1-4,6-11H;3*1,3-4H2,2H3;. The van der Waals surface area contributed by atoms with Crippen LogP contribution in [0.2, 0.25) is 13.3 Å². The molecule has 0 amide bonds. The number of aromatic nitrogens is 1. The van der Waals surface area contributed by atoms with Crippen molar-refractivity contribution in [2.75, 3.05) is 0 Å². The van der Waals surface area contributed by atoms with Crippen LogP contribution in [0.5, 0.6) is 0 Å². The van der Waals surface area contributed by atoms with Gasteiger partial charge in [0.25, 0.3) is 0 Å². The van der Waals surface area contributed by atoms with Gasteiger partial charge in [-0.2, -0.15) is 0 Å². The Balaban J connectivity index is 1.95. The Labute approximate surface area is 192 Å². The van der Waals surface area contributed by atoms with Crippen LogP contribution in [0.3, 0.4) is 0 Å². The van der Waals surface area contributed by atoms with E-state index in [0.29, 0.717) is 0 Å². The molecule has 1 aromatic heterocycles. The zero-order valence-electron chi connectivity index (χ0n) is 19.6. The Bertz CT molecular complexity index is 1140. The molecule has 0 atom stereocenters. The third kappa shape index (κ3) is 4.49. The molecule has 2 heteroatoms. The first-order chi connectivity index (χ1) is 15.2. The molecule has 4 aromatic rings. The predicted molar refractivity (Wildman–Crippen MR) is 141 cm³/mol. The summed E-state index contributed by atoms with van der Waals surface area (Å²) in [5, 5.41) is 6.72. The molecule has 4 rings (SSSR count). The molecule has 0 aliphatic carbocycles. The van der Waals surface area contributed by atoms with Gasteiger partial charge in [0.15, 0.2) is 0 Å². The van der Waals surface area contributed by atoms with Crippen LogP contribution in [-0.4, -0.2) is 23.4 Å². The zero-order chi connectivity index (χ0) is 21.7. The Hall–Kier alpha value is -1.61. The molecule has 1 nitrogen and oxygen atoms in total. The Morgan fingerprint density at radius 3 is 1.87 bits per heavy atom. The minimum absolute atomic E-state index is 1.18. The van der Waals surface area contributed by atoms with Crippen molar-refractivity contribution in [2.45, 2.75) is 72.6 Å². The van der Waals surface area contributed by atoms with Gasteiger partial charge in [-0.3, -0.25) is 0 Å². The van der Waals surface area contributed by atoms with Crippen molar-refractivity contribution in [3.05, 3.63) is 60.8 Å². The molecule has 0 radical (unpaired) electrons. The van der Waals surface area contributed by atoms with E-state index in [1.165, 1.54) is 84.3 Å². The second-order valence-corrected chi connectivity index (χ2v) is 22.4. The SMILES string of the molecule is CCC[CH2][Sn]([CH2]CCC)([CH2]CCC)[c]1cccc2c1ccc1c3ccccc3cnc21. The average Bonchev–Trinajstić information content (AvgIpc) is 2.83. The summed E-state index contributed by atoms with van der Waals surface area (Å²) < 4.78 is 6.30. The van der Waals surface area contributed by atoms with Gasteiger partial charge in [0.05, 0.1) is 0 Å². The van der Waals surface area contributed by atoms with E-state index >= 15 is 0 Å². The van der Waals surface area contributed by atoms with Gasteiger partial charge in [-0.15, -0.1) is 0 Å². The molecule has 0 spiro atoms. The van der Waals surface area contributed by atoms with Crippen molar-refractivity contribution in [1.82, 2.24) is 4.98 Å². The summed E-state index contributed by atoms with van der Waals surface area (Å²) in [7, 11) is 0. The molecule has 0 saturated carbocycles. The molecular weight excluding hydrogens is 481 g/mol. The number of hydrogen-bond donors (Lipinski definition) is 0. The maximum atomic E-state index is 4.97. The van der Waals surface area contributed by atoms with E-state index in [2.05, 4.69) is 81.6 Å². The van der Waals surface area contributed by atoms with E-state index in [0.717, 1.165) is 0 Å². The van der Waals surface area contributed by atoms with E-state index in [1.54, 1.807) is 3.58 Å². The van der Waals surface area contributed by atoms with Gasteiger partial charge in [0.2, 0.25) is 0 Å². The number of fused-ring (bicyclic) bond motifs is 5. The summed E-state index contributed by atoms with van der Waals surface area (Å²) in [6.07, 6.45) is 10.2. The summed E-state index contributed by atoms with van der Waals surface area (Å²) in [4.78, 5) is 4.97. The number of hydrogen-bond acceptors (Lipinski definition) is 1. The summed E-state index contributed by atoms with van der Waals surface area (Å²) in [5.41, 5.74) is 1.18. The molecule has 1 heterocycles. The molecule has 0 fully saturated rings. The molecular formula is C29H37NSn. The van der Waals surface area contributed by atoms with Crippen LogP contribution in [0.25, 0.3) is 32.4 Å². The second kappa shape index (κ2) is 10.3. The quantitative estimate of drug-likeness (QED) is 0.151. The van der Waals surface area contributed by atoms with Crippen molar-refractivity contribution in [1.29, 1.82) is 0 Å². The van der Waals surface area contributed by atoms with Crippen molar-refractivity contribution in [2.24, 2.45) is 0 Å². The molecule has 0 aliphatic rings. The molecule has 0 saturated heterocycles. The van der Waals surface area contributed by atoms with Gasteiger partial charge in [0, 0.05) is 0 Å². The summed E-state index contributed by atoms with van der Waals surface area (Å²) in [6.45, 7) is 7.09. The van der Waals surface area contributed by atoms with Gasteiger partial charge in [-0.25, -0.2) is 0 Å². The molecule has 0 bridgehead atoms. The average molecular weight is 518 g/mol. The zero-order valence-corrected chi connectivity index (χ0v) is 22.4. The summed E-state index contributed by atoms with van der Waals surface area (Å²) in [5.74, 6) is 0. The van der Waals surface area contributed by atoms with Gasteiger partial charge >= 0.3 is 193 Å². The third-order valence-corrected chi connectivity index (χ3v) is 22.9. The van der Waals surface area contributed by atoms with Crippen LogP contribution < -0.4 is 3.58 Å². The van der Waals surface area contributed by atoms with Gasteiger partial charge in [-0.05, 0) is 0 Å². The first-order valence-corrected chi connectivity index (χ1v) is 19.9. The van der Waals surface area contributed by atoms with Crippen LogP contribution in [0.15, 0.2) is 60.8 Å². The molecule has 31 heavy (non-hydrogen) atoms. The van der Waals surface area contributed by atoms with Gasteiger partial charge in [0.1, 0.15) is 0 Å². The fourth-order valence-corrected chi connectivity index (χ4v) is 22.3. The third-order valence-electron chi connectivity index (χ3n) is 7.21. The van der Waals surface area contributed by atoms with Gasteiger partial charge < -0.3 is 0 Å². The van der Waals surface area contributed by atoms with E-state index in [9.17, 15) is 0 Å². The number of unbranched alkanes of at least 4 members (excludes halogenated alkanes) is 3.